The number of para-hydroxylation sites is 1. The molecule has 9 heteroatoms. The molecule has 5 aromatic rings. The Kier molecular flexibility index (Phi) is 7.37. The van der Waals surface area contributed by atoms with Gasteiger partial charge in [0, 0.05) is 21.3 Å². The topological polar surface area (TPSA) is 85.6 Å². The summed E-state index contributed by atoms with van der Waals surface area (Å²) in [6, 6.07) is 27.2. The average molecular weight is 571 g/mol. The summed E-state index contributed by atoms with van der Waals surface area (Å²) < 4.78 is 21.1. The van der Waals surface area contributed by atoms with Crippen molar-refractivity contribution < 1.29 is 13.9 Å². The molecule has 0 fully saturated rings. The quantitative estimate of drug-likeness (QED) is 0.248. The van der Waals surface area contributed by atoms with Gasteiger partial charge in [0.15, 0.2) is 12.4 Å². The first-order chi connectivity index (χ1) is 18.5. The molecule has 0 radical (unpaired) electrons. The van der Waals surface area contributed by atoms with Gasteiger partial charge < -0.3 is 10.1 Å². The number of carbonyl (C=O) groups is 1. The molecule has 0 atom stereocenters. The van der Waals surface area contributed by atoms with Crippen LogP contribution in [0.25, 0.3) is 22.3 Å². The van der Waals surface area contributed by atoms with E-state index in [-0.39, 0.29) is 12.2 Å². The normalized spacial score (nSPS) is 11.1. The summed E-state index contributed by atoms with van der Waals surface area (Å²) in [7, 11) is 0. The summed E-state index contributed by atoms with van der Waals surface area (Å²) in [5.41, 5.74) is 1.83. The lowest BCUT2D eigenvalue weighted by Gasteiger charge is -2.11. The van der Waals surface area contributed by atoms with E-state index in [0.29, 0.717) is 33.7 Å². The molecule has 0 saturated carbocycles. The third-order valence-electron chi connectivity index (χ3n) is 5.54. The second-order valence-corrected chi connectivity index (χ2v) is 9.13. The smallest absolute Gasteiger partial charge is 0.282 e. The summed E-state index contributed by atoms with van der Waals surface area (Å²) >= 11 is 3.44. The third kappa shape index (κ3) is 5.68. The van der Waals surface area contributed by atoms with Crippen LogP contribution in [0.1, 0.15) is 5.56 Å². The Bertz CT molecular complexity index is 1720. The molecule has 1 aromatic heterocycles. The highest BCUT2D eigenvalue weighted by atomic mass is 79.9. The van der Waals surface area contributed by atoms with Crippen LogP contribution in [0.3, 0.4) is 0 Å². The molecule has 1 N–H and O–H groups in total. The van der Waals surface area contributed by atoms with Crippen molar-refractivity contribution in [1.82, 2.24) is 9.66 Å². The van der Waals surface area contributed by atoms with Crippen molar-refractivity contribution >= 4 is 44.6 Å². The Morgan fingerprint density at radius 1 is 1.00 bits per heavy atom. The van der Waals surface area contributed by atoms with E-state index in [1.165, 1.54) is 29.1 Å². The Morgan fingerprint density at radius 2 is 1.79 bits per heavy atom. The van der Waals surface area contributed by atoms with Crippen molar-refractivity contribution in [2.45, 2.75) is 0 Å². The number of fused-ring (bicyclic) bond motifs is 1. The first-order valence-corrected chi connectivity index (χ1v) is 12.4. The Hall–Kier alpha value is -4.63. The van der Waals surface area contributed by atoms with Gasteiger partial charge in [-0.15, -0.1) is 0 Å². The highest BCUT2D eigenvalue weighted by Gasteiger charge is 2.13. The first kappa shape index (κ1) is 25.0. The van der Waals surface area contributed by atoms with Crippen LogP contribution in [0.2, 0.25) is 0 Å². The van der Waals surface area contributed by atoms with Crippen molar-refractivity contribution in [2.75, 3.05) is 11.9 Å². The molecule has 0 aliphatic carbocycles. The van der Waals surface area contributed by atoms with Crippen molar-refractivity contribution in [3.8, 4) is 17.1 Å². The summed E-state index contributed by atoms with van der Waals surface area (Å²) in [5.74, 6) is -0.155. The van der Waals surface area contributed by atoms with Crippen LogP contribution < -0.4 is 15.6 Å². The summed E-state index contributed by atoms with van der Waals surface area (Å²) in [6.07, 6.45) is 1.48. The van der Waals surface area contributed by atoms with E-state index in [1.54, 1.807) is 42.5 Å². The number of ether oxygens (including phenoxy) is 1. The number of anilines is 1. The number of nitrogens with one attached hydrogen (secondary N) is 1. The molecule has 5 rings (SSSR count). The fourth-order valence-corrected chi connectivity index (χ4v) is 4.16. The SMILES string of the molecule is O=C(COc1ccc(Br)cc1C=Nn1c(-c2ccccc2)nc2ccccc2c1=O)Nc1cccc(F)c1. The van der Waals surface area contributed by atoms with Gasteiger partial charge in [-0.3, -0.25) is 9.59 Å². The van der Waals surface area contributed by atoms with Crippen molar-refractivity contribution in [1.29, 1.82) is 0 Å². The van der Waals surface area contributed by atoms with Gasteiger partial charge in [-0.05, 0) is 48.5 Å². The molecule has 0 spiro atoms. The number of halogens is 2. The fourth-order valence-electron chi connectivity index (χ4n) is 3.78. The molecular formula is C29H20BrFN4O3. The maximum absolute atomic E-state index is 13.4. The minimum atomic E-state index is -0.456. The highest BCUT2D eigenvalue weighted by Crippen LogP contribution is 2.23. The van der Waals surface area contributed by atoms with Crippen LogP contribution in [0.4, 0.5) is 10.1 Å². The third-order valence-corrected chi connectivity index (χ3v) is 6.03. The van der Waals surface area contributed by atoms with Gasteiger partial charge in [-0.2, -0.15) is 9.78 Å². The van der Waals surface area contributed by atoms with Gasteiger partial charge >= 0.3 is 0 Å². The second-order valence-electron chi connectivity index (χ2n) is 8.21. The average Bonchev–Trinajstić information content (AvgIpc) is 2.92. The summed E-state index contributed by atoms with van der Waals surface area (Å²) in [4.78, 5) is 30.5. The predicted octanol–water partition coefficient (Wildman–Crippen LogP) is 5.86. The van der Waals surface area contributed by atoms with Crippen molar-refractivity contribution in [3.63, 3.8) is 0 Å². The Balaban J connectivity index is 1.46. The minimum absolute atomic E-state index is 0.314. The van der Waals surface area contributed by atoms with E-state index in [0.717, 1.165) is 10.0 Å². The number of carbonyl (C=O) groups excluding carboxylic acids is 1. The van der Waals surface area contributed by atoms with Crippen molar-refractivity contribution in [2.24, 2.45) is 5.10 Å². The van der Waals surface area contributed by atoms with E-state index in [4.69, 9.17) is 9.72 Å². The van der Waals surface area contributed by atoms with Gasteiger partial charge in [0.1, 0.15) is 11.6 Å². The molecule has 0 unspecified atom stereocenters. The molecule has 0 saturated heterocycles. The van der Waals surface area contributed by atoms with E-state index < -0.39 is 11.7 Å². The number of aromatic nitrogens is 2. The van der Waals surface area contributed by atoms with Gasteiger partial charge in [0.25, 0.3) is 11.5 Å². The molecular weight excluding hydrogens is 551 g/mol. The predicted molar refractivity (Wildman–Crippen MR) is 149 cm³/mol. The van der Waals surface area contributed by atoms with Gasteiger partial charge in [-0.25, -0.2) is 9.37 Å². The molecule has 188 valence electrons. The lowest BCUT2D eigenvalue weighted by atomic mass is 10.2. The molecule has 38 heavy (non-hydrogen) atoms. The standard InChI is InChI=1S/C29H20BrFN4O3/c30-21-13-14-26(38-18-27(36)33-23-10-6-9-22(31)16-23)20(15-21)17-32-35-28(19-7-2-1-3-8-19)34-25-12-5-4-11-24(25)29(35)37/h1-17H,18H2,(H,33,36). The highest BCUT2D eigenvalue weighted by molar-refractivity contribution is 9.10. The Morgan fingerprint density at radius 3 is 2.61 bits per heavy atom. The largest absolute Gasteiger partial charge is 0.483 e. The number of hydrogen-bond acceptors (Lipinski definition) is 5. The number of hydrogen-bond donors (Lipinski definition) is 1. The van der Waals surface area contributed by atoms with Crippen LogP contribution in [0.15, 0.2) is 111 Å². The van der Waals surface area contributed by atoms with Gasteiger partial charge in [-0.1, -0.05) is 64.5 Å². The monoisotopic (exact) mass is 570 g/mol. The Labute approximate surface area is 225 Å². The first-order valence-electron chi connectivity index (χ1n) is 11.6. The molecule has 0 aliphatic rings. The summed E-state index contributed by atoms with van der Waals surface area (Å²) in [5, 5.41) is 7.51. The van der Waals surface area contributed by atoms with Gasteiger partial charge in [0.05, 0.1) is 17.1 Å². The van der Waals surface area contributed by atoms with E-state index in [9.17, 15) is 14.0 Å². The second kappa shape index (κ2) is 11.2. The maximum atomic E-state index is 13.4. The maximum Gasteiger partial charge on any atom is 0.282 e. The molecule has 7 nitrogen and oxygen atoms in total. The summed E-state index contributed by atoms with van der Waals surface area (Å²) in [6.45, 7) is -0.314. The molecule has 1 amide bonds. The van der Waals surface area contributed by atoms with Crippen LogP contribution in [-0.2, 0) is 4.79 Å². The lowest BCUT2D eigenvalue weighted by Crippen LogP contribution is -2.21. The van der Waals surface area contributed by atoms with Crippen LogP contribution in [0.5, 0.6) is 5.75 Å². The van der Waals surface area contributed by atoms with E-state index >= 15 is 0 Å². The van der Waals surface area contributed by atoms with E-state index in [2.05, 4.69) is 26.3 Å². The van der Waals surface area contributed by atoms with Crippen LogP contribution in [-0.4, -0.2) is 28.4 Å². The van der Waals surface area contributed by atoms with Crippen molar-refractivity contribution in [3.05, 3.63) is 123 Å². The molecule has 0 bridgehead atoms. The molecule has 0 aliphatic heterocycles. The zero-order valence-corrected chi connectivity index (χ0v) is 21.4. The lowest BCUT2D eigenvalue weighted by molar-refractivity contribution is -0.118. The number of nitrogens with zero attached hydrogens (tertiary/aromatic N) is 3. The number of rotatable bonds is 7. The van der Waals surface area contributed by atoms with Crippen LogP contribution >= 0.6 is 15.9 Å². The molecule has 4 aromatic carbocycles. The zero-order valence-electron chi connectivity index (χ0n) is 19.8. The molecule has 1 heterocycles. The van der Waals surface area contributed by atoms with Crippen LogP contribution in [0, 0.1) is 5.82 Å². The van der Waals surface area contributed by atoms with E-state index in [1.807, 2.05) is 36.4 Å². The fraction of sp³-hybridized carbons (Fsp3) is 0.0345. The zero-order chi connectivity index (χ0) is 26.5. The number of amides is 1. The number of benzene rings is 4. The van der Waals surface area contributed by atoms with Gasteiger partial charge in [0.2, 0.25) is 0 Å². The minimum Gasteiger partial charge on any atom is -0.483 e.